The van der Waals surface area contributed by atoms with E-state index >= 15 is 0 Å². The van der Waals surface area contributed by atoms with Gasteiger partial charge in [-0.1, -0.05) is 23.7 Å². The summed E-state index contributed by atoms with van der Waals surface area (Å²) < 4.78 is 11.8. The Morgan fingerprint density at radius 2 is 2.03 bits per heavy atom. The number of rotatable bonds is 5. The highest BCUT2D eigenvalue weighted by molar-refractivity contribution is 6.33. The minimum Gasteiger partial charge on any atom is -0.489 e. The first kappa shape index (κ1) is 22.6. The van der Waals surface area contributed by atoms with Gasteiger partial charge < -0.3 is 19.7 Å². The van der Waals surface area contributed by atoms with Gasteiger partial charge in [-0.2, -0.15) is 0 Å². The van der Waals surface area contributed by atoms with Crippen molar-refractivity contribution in [2.45, 2.75) is 45.3 Å². The van der Waals surface area contributed by atoms with Gasteiger partial charge >= 0.3 is 0 Å². The summed E-state index contributed by atoms with van der Waals surface area (Å²) in [7, 11) is 1.61. The topological polar surface area (TPSA) is 67.9 Å². The van der Waals surface area contributed by atoms with Crippen LogP contribution in [-0.4, -0.2) is 55.7 Å². The summed E-state index contributed by atoms with van der Waals surface area (Å²) >= 11 is 6.70. The van der Waals surface area contributed by atoms with Crippen LogP contribution in [0.25, 0.3) is 0 Å². The number of nitrogens with one attached hydrogen (secondary N) is 1. The molecule has 2 aromatic carbocycles. The first-order chi connectivity index (χ1) is 15.4. The fourth-order valence-electron chi connectivity index (χ4n) is 4.32. The number of nitrogens with zero attached hydrogens (tertiary/aromatic N) is 1. The Labute approximate surface area is 193 Å². The molecule has 0 spiro atoms. The van der Waals surface area contributed by atoms with Gasteiger partial charge in [-0.25, -0.2) is 0 Å². The number of carbonyl (C=O) groups is 2. The van der Waals surface area contributed by atoms with Crippen LogP contribution in [0, 0.1) is 6.92 Å². The maximum absolute atomic E-state index is 13.5. The zero-order valence-corrected chi connectivity index (χ0v) is 19.5. The van der Waals surface area contributed by atoms with Gasteiger partial charge in [0.15, 0.2) is 5.75 Å². The van der Waals surface area contributed by atoms with Crippen molar-refractivity contribution >= 4 is 23.4 Å². The molecule has 2 aromatic rings. The second kappa shape index (κ2) is 9.51. The zero-order chi connectivity index (χ0) is 22.8. The van der Waals surface area contributed by atoms with Gasteiger partial charge in [-0.15, -0.1) is 0 Å². The van der Waals surface area contributed by atoms with Gasteiger partial charge in [-0.3, -0.25) is 9.59 Å². The fraction of sp³-hybridized carbons (Fsp3) is 0.440. The van der Waals surface area contributed by atoms with Crippen molar-refractivity contribution in [3.05, 3.63) is 63.2 Å². The Hall–Kier alpha value is -2.57. The van der Waals surface area contributed by atoms with E-state index in [1.807, 2.05) is 36.9 Å². The fourth-order valence-corrected chi connectivity index (χ4v) is 4.60. The molecule has 0 radical (unpaired) electrons. The molecule has 2 atom stereocenters. The molecule has 0 bridgehead atoms. The number of carbonyl (C=O) groups excluding carboxylic acids is 2. The van der Waals surface area contributed by atoms with Crippen LogP contribution in [0.1, 0.15) is 57.2 Å². The Morgan fingerprint density at radius 1 is 1.28 bits per heavy atom. The van der Waals surface area contributed by atoms with Crippen LogP contribution < -0.4 is 10.1 Å². The Morgan fingerprint density at radius 3 is 2.69 bits per heavy atom. The van der Waals surface area contributed by atoms with E-state index in [4.69, 9.17) is 21.1 Å². The van der Waals surface area contributed by atoms with Gasteiger partial charge in [0, 0.05) is 25.8 Å². The summed E-state index contributed by atoms with van der Waals surface area (Å²) in [6.45, 7) is 5.65. The summed E-state index contributed by atoms with van der Waals surface area (Å²) in [4.78, 5) is 27.2. The number of halogens is 1. The third-order valence-electron chi connectivity index (χ3n) is 6.33. The molecule has 1 saturated heterocycles. The molecule has 2 heterocycles. The number of fused-ring (bicyclic) bond motifs is 1. The molecule has 32 heavy (non-hydrogen) atoms. The van der Waals surface area contributed by atoms with Crippen molar-refractivity contribution < 1.29 is 19.1 Å². The lowest BCUT2D eigenvalue weighted by Gasteiger charge is -2.28. The summed E-state index contributed by atoms with van der Waals surface area (Å²) in [5, 5.41) is 3.11. The molecule has 6 nitrogen and oxygen atoms in total. The third-order valence-corrected chi connectivity index (χ3v) is 6.78. The summed E-state index contributed by atoms with van der Waals surface area (Å²) in [5.74, 6) is 0.275. The SMILES string of the molecule is CNC(=O)c1ccc(Cc2cc3c(c(Cl)c2C)OC[C@@H](C)N(C[C@H]2CCCO2)C3=O)cc1. The molecule has 170 valence electrons. The van der Waals surface area contributed by atoms with E-state index in [0.717, 1.165) is 36.1 Å². The van der Waals surface area contributed by atoms with Crippen LogP contribution >= 0.6 is 11.6 Å². The van der Waals surface area contributed by atoms with E-state index in [0.29, 0.717) is 41.5 Å². The predicted molar refractivity (Wildman–Crippen MR) is 124 cm³/mol. The largest absolute Gasteiger partial charge is 0.489 e. The lowest BCUT2D eigenvalue weighted by molar-refractivity contribution is 0.0406. The molecule has 0 aliphatic carbocycles. The van der Waals surface area contributed by atoms with Gasteiger partial charge in [0.1, 0.15) is 6.61 Å². The summed E-state index contributed by atoms with van der Waals surface area (Å²) in [6.07, 6.45) is 2.67. The Kier molecular flexibility index (Phi) is 6.72. The summed E-state index contributed by atoms with van der Waals surface area (Å²) in [5.41, 5.74) is 4.00. The van der Waals surface area contributed by atoms with Crippen LogP contribution in [-0.2, 0) is 11.2 Å². The minimum atomic E-state index is -0.121. The highest BCUT2D eigenvalue weighted by atomic mass is 35.5. The number of hydrogen-bond acceptors (Lipinski definition) is 4. The Balaban J connectivity index is 1.64. The maximum Gasteiger partial charge on any atom is 0.258 e. The van der Waals surface area contributed by atoms with E-state index < -0.39 is 0 Å². The smallest absolute Gasteiger partial charge is 0.258 e. The van der Waals surface area contributed by atoms with Gasteiger partial charge in [0.25, 0.3) is 11.8 Å². The van der Waals surface area contributed by atoms with E-state index in [1.165, 1.54) is 0 Å². The predicted octanol–water partition coefficient (Wildman–Crippen LogP) is 4.00. The van der Waals surface area contributed by atoms with Crippen LogP contribution in [0.5, 0.6) is 5.75 Å². The van der Waals surface area contributed by atoms with Crippen molar-refractivity contribution in [3.63, 3.8) is 0 Å². The van der Waals surface area contributed by atoms with E-state index in [1.54, 1.807) is 19.2 Å². The highest BCUT2D eigenvalue weighted by Gasteiger charge is 2.33. The second-order valence-corrected chi connectivity index (χ2v) is 8.93. The second-order valence-electron chi connectivity index (χ2n) is 8.56. The van der Waals surface area contributed by atoms with E-state index in [2.05, 4.69) is 5.32 Å². The molecule has 1 N–H and O–H groups in total. The van der Waals surface area contributed by atoms with E-state index in [9.17, 15) is 9.59 Å². The van der Waals surface area contributed by atoms with Crippen molar-refractivity contribution in [2.75, 3.05) is 26.8 Å². The lowest BCUT2D eigenvalue weighted by atomic mass is 9.96. The van der Waals surface area contributed by atoms with Crippen LogP contribution in [0.15, 0.2) is 30.3 Å². The average molecular weight is 457 g/mol. The molecule has 2 aliphatic heterocycles. The number of benzene rings is 2. The van der Waals surface area contributed by atoms with Crippen molar-refractivity contribution in [3.8, 4) is 5.75 Å². The molecular formula is C25H29ClN2O4. The van der Waals surface area contributed by atoms with Crippen LogP contribution in [0.3, 0.4) is 0 Å². The van der Waals surface area contributed by atoms with E-state index in [-0.39, 0.29) is 24.0 Å². The molecule has 2 amide bonds. The number of ether oxygens (including phenoxy) is 2. The Bertz CT molecular complexity index is 1020. The lowest BCUT2D eigenvalue weighted by Crippen LogP contribution is -2.44. The maximum atomic E-state index is 13.5. The molecule has 0 unspecified atom stereocenters. The van der Waals surface area contributed by atoms with Crippen LogP contribution in [0.2, 0.25) is 5.02 Å². The quantitative estimate of drug-likeness (QED) is 0.738. The third kappa shape index (κ3) is 4.48. The molecule has 0 saturated carbocycles. The van der Waals surface area contributed by atoms with Gasteiger partial charge in [0.05, 0.1) is 22.7 Å². The van der Waals surface area contributed by atoms with Crippen LogP contribution in [0.4, 0.5) is 0 Å². The highest BCUT2D eigenvalue weighted by Crippen LogP contribution is 2.38. The minimum absolute atomic E-state index is 0.0707. The van der Waals surface area contributed by atoms with Crippen molar-refractivity contribution in [1.29, 1.82) is 0 Å². The molecular weight excluding hydrogens is 428 g/mol. The van der Waals surface area contributed by atoms with Gasteiger partial charge in [0.2, 0.25) is 0 Å². The standard InChI is InChI=1S/C25H29ClN2O4/c1-15-14-32-23-21(25(30)28(15)13-20-5-4-10-31-20)12-19(16(2)22(23)26)11-17-6-8-18(9-7-17)24(29)27-3/h6-9,12,15,20H,4-5,10-11,13-14H2,1-3H3,(H,27,29)/t15-,20-/m1/s1. The molecule has 0 aromatic heterocycles. The van der Waals surface area contributed by atoms with Crippen molar-refractivity contribution in [1.82, 2.24) is 10.2 Å². The monoisotopic (exact) mass is 456 g/mol. The average Bonchev–Trinajstić information content (AvgIpc) is 3.28. The molecule has 1 fully saturated rings. The molecule has 4 rings (SSSR count). The summed E-state index contributed by atoms with van der Waals surface area (Å²) in [6, 6.07) is 9.28. The van der Waals surface area contributed by atoms with Gasteiger partial charge in [-0.05, 0) is 68.0 Å². The molecule has 2 aliphatic rings. The first-order valence-electron chi connectivity index (χ1n) is 11.1. The zero-order valence-electron chi connectivity index (χ0n) is 18.7. The van der Waals surface area contributed by atoms with Crippen molar-refractivity contribution in [2.24, 2.45) is 0 Å². The first-order valence-corrected chi connectivity index (χ1v) is 11.4. The number of amides is 2. The molecule has 7 heteroatoms. The number of hydrogen-bond donors (Lipinski definition) is 1. The normalized spacial score (nSPS) is 20.5.